The number of aryl methyl sites for hydroxylation is 1. The molecule has 14 heavy (non-hydrogen) atoms. The minimum atomic E-state index is -0.773. The summed E-state index contributed by atoms with van der Waals surface area (Å²) in [5.41, 5.74) is 1.86. The molecule has 1 aromatic rings. The molecule has 1 saturated carbocycles. The lowest BCUT2D eigenvalue weighted by atomic mass is 9.98. The van der Waals surface area contributed by atoms with Gasteiger partial charge in [-0.1, -0.05) is 15.9 Å². The SMILES string of the molecule is Cc1cc(O)c(C2(O)CC2)c(C)c1Br. The van der Waals surface area contributed by atoms with Crippen LogP contribution in [0.25, 0.3) is 0 Å². The molecule has 2 N–H and O–H groups in total. The van der Waals surface area contributed by atoms with Crippen LogP contribution in [-0.4, -0.2) is 10.2 Å². The first-order valence-corrected chi connectivity index (χ1v) is 5.46. The van der Waals surface area contributed by atoms with Gasteiger partial charge in [0.2, 0.25) is 0 Å². The first-order valence-electron chi connectivity index (χ1n) is 4.67. The van der Waals surface area contributed by atoms with E-state index in [1.165, 1.54) is 0 Å². The first kappa shape index (κ1) is 9.99. The second-order valence-electron chi connectivity index (χ2n) is 4.06. The van der Waals surface area contributed by atoms with Crippen LogP contribution < -0.4 is 0 Å². The van der Waals surface area contributed by atoms with E-state index in [4.69, 9.17) is 0 Å². The van der Waals surface area contributed by atoms with Crippen molar-refractivity contribution in [1.82, 2.24) is 0 Å². The smallest absolute Gasteiger partial charge is 0.122 e. The molecule has 1 aliphatic rings. The van der Waals surface area contributed by atoms with Crippen molar-refractivity contribution in [2.75, 3.05) is 0 Å². The van der Waals surface area contributed by atoms with Gasteiger partial charge in [0.15, 0.2) is 0 Å². The summed E-state index contributed by atoms with van der Waals surface area (Å²) in [5.74, 6) is 0.211. The summed E-state index contributed by atoms with van der Waals surface area (Å²) in [6.07, 6.45) is 1.49. The number of phenols is 1. The summed E-state index contributed by atoms with van der Waals surface area (Å²) in [6.45, 7) is 3.85. The zero-order valence-corrected chi connectivity index (χ0v) is 9.85. The standard InChI is InChI=1S/C11H13BrO2/c1-6-5-8(13)9(7(2)10(6)12)11(14)3-4-11/h5,13-14H,3-4H2,1-2H3. The van der Waals surface area contributed by atoms with Crippen LogP contribution in [0.3, 0.4) is 0 Å². The largest absolute Gasteiger partial charge is 0.508 e. The van der Waals surface area contributed by atoms with Gasteiger partial charge in [0, 0.05) is 10.0 Å². The van der Waals surface area contributed by atoms with Crippen molar-refractivity contribution < 1.29 is 10.2 Å². The Morgan fingerprint density at radius 2 is 1.93 bits per heavy atom. The molecule has 0 aromatic heterocycles. The Kier molecular flexibility index (Phi) is 2.12. The highest BCUT2D eigenvalue weighted by atomic mass is 79.9. The maximum absolute atomic E-state index is 10.00. The van der Waals surface area contributed by atoms with Gasteiger partial charge in [-0.3, -0.25) is 0 Å². The van der Waals surface area contributed by atoms with E-state index in [1.807, 2.05) is 13.8 Å². The highest BCUT2D eigenvalue weighted by Crippen LogP contribution is 2.51. The Bertz CT molecular complexity index is 395. The van der Waals surface area contributed by atoms with Crippen LogP contribution in [0, 0.1) is 13.8 Å². The predicted octanol–water partition coefficient (Wildman–Crippen LogP) is 2.75. The summed E-state index contributed by atoms with van der Waals surface area (Å²) in [7, 11) is 0. The number of rotatable bonds is 1. The van der Waals surface area contributed by atoms with Crippen LogP contribution in [0.15, 0.2) is 10.5 Å². The number of aliphatic hydroxyl groups is 1. The molecule has 0 unspecified atom stereocenters. The molecule has 1 aliphatic carbocycles. The number of aromatic hydroxyl groups is 1. The van der Waals surface area contributed by atoms with Crippen molar-refractivity contribution in [3.05, 3.63) is 27.2 Å². The minimum Gasteiger partial charge on any atom is -0.508 e. The molecule has 3 heteroatoms. The molecule has 0 saturated heterocycles. The molecule has 0 atom stereocenters. The molecule has 1 aromatic carbocycles. The van der Waals surface area contributed by atoms with Gasteiger partial charge in [-0.05, 0) is 43.9 Å². The molecule has 0 aliphatic heterocycles. The van der Waals surface area contributed by atoms with E-state index in [2.05, 4.69) is 15.9 Å². The molecule has 2 nitrogen and oxygen atoms in total. The molecule has 0 amide bonds. The average Bonchev–Trinajstić information content (AvgIpc) is 2.80. The van der Waals surface area contributed by atoms with Crippen molar-refractivity contribution in [1.29, 1.82) is 0 Å². The van der Waals surface area contributed by atoms with Crippen LogP contribution in [0.4, 0.5) is 0 Å². The van der Waals surface area contributed by atoms with Crippen molar-refractivity contribution in [3.63, 3.8) is 0 Å². The van der Waals surface area contributed by atoms with Crippen LogP contribution in [0.1, 0.15) is 29.5 Å². The van der Waals surface area contributed by atoms with Crippen LogP contribution in [0.2, 0.25) is 0 Å². The van der Waals surface area contributed by atoms with Gasteiger partial charge in [0.1, 0.15) is 5.75 Å². The summed E-state index contributed by atoms with van der Waals surface area (Å²) >= 11 is 3.46. The van der Waals surface area contributed by atoms with E-state index in [1.54, 1.807) is 6.07 Å². The summed E-state index contributed by atoms with van der Waals surface area (Å²) in [4.78, 5) is 0. The lowest BCUT2D eigenvalue weighted by Crippen LogP contribution is -2.08. The maximum Gasteiger partial charge on any atom is 0.122 e. The van der Waals surface area contributed by atoms with Crippen molar-refractivity contribution in [2.24, 2.45) is 0 Å². The lowest BCUT2D eigenvalue weighted by Gasteiger charge is -2.16. The van der Waals surface area contributed by atoms with Gasteiger partial charge in [-0.15, -0.1) is 0 Å². The zero-order chi connectivity index (χ0) is 10.5. The second kappa shape index (κ2) is 2.97. The maximum atomic E-state index is 10.00. The van der Waals surface area contributed by atoms with E-state index in [9.17, 15) is 10.2 Å². The molecule has 0 radical (unpaired) electrons. The van der Waals surface area contributed by atoms with Gasteiger partial charge < -0.3 is 10.2 Å². The average molecular weight is 257 g/mol. The summed E-state index contributed by atoms with van der Waals surface area (Å²) in [5, 5.41) is 19.8. The number of phenolic OH excluding ortho intramolecular Hbond substituents is 1. The Hall–Kier alpha value is -0.540. The van der Waals surface area contributed by atoms with Gasteiger partial charge in [0.05, 0.1) is 5.60 Å². The molecule has 1 fully saturated rings. The van der Waals surface area contributed by atoms with E-state index >= 15 is 0 Å². The molecular weight excluding hydrogens is 244 g/mol. The molecule has 0 bridgehead atoms. The van der Waals surface area contributed by atoms with Crippen molar-refractivity contribution in [3.8, 4) is 5.75 Å². The number of hydrogen-bond donors (Lipinski definition) is 2. The van der Waals surface area contributed by atoms with Crippen LogP contribution >= 0.6 is 15.9 Å². The Morgan fingerprint density at radius 3 is 2.43 bits per heavy atom. The second-order valence-corrected chi connectivity index (χ2v) is 4.85. The molecule has 0 heterocycles. The van der Waals surface area contributed by atoms with Gasteiger partial charge in [-0.2, -0.15) is 0 Å². The topological polar surface area (TPSA) is 40.5 Å². The summed E-state index contributed by atoms with van der Waals surface area (Å²) < 4.78 is 0.977. The number of hydrogen-bond acceptors (Lipinski definition) is 2. The normalized spacial score (nSPS) is 18.3. The fourth-order valence-electron chi connectivity index (χ4n) is 1.89. The summed E-state index contributed by atoms with van der Waals surface area (Å²) in [6, 6.07) is 1.70. The van der Waals surface area contributed by atoms with Crippen LogP contribution in [0.5, 0.6) is 5.75 Å². The third kappa shape index (κ3) is 1.35. The number of benzene rings is 1. The van der Waals surface area contributed by atoms with E-state index in [-0.39, 0.29) is 5.75 Å². The van der Waals surface area contributed by atoms with Crippen LogP contribution in [-0.2, 0) is 5.60 Å². The number of halogens is 1. The van der Waals surface area contributed by atoms with E-state index in [0.29, 0.717) is 5.56 Å². The third-order valence-corrected chi connectivity index (χ3v) is 4.07. The minimum absolute atomic E-state index is 0.211. The Balaban J connectivity index is 2.65. The van der Waals surface area contributed by atoms with Crippen molar-refractivity contribution in [2.45, 2.75) is 32.3 Å². The fraction of sp³-hybridized carbons (Fsp3) is 0.455. The van der Waals surface area contributed by atoms with E-state index < -0.39 is 5.60 Å². The highest BCUT2D eigenvalue weighted by Gasteiger charge is 2.45. The van der Waals surface area contributed by atoms with Gasteiger partial charge >= 0.3 is 0 Å². The molecular formula is C11H13BrO2. The van der Waals surface area contributed by atoms with E-state index in [0.717, 1.165) is 28.4 Å². The third-order valence-electron chi connectivity index (χ3n) is 2.85. The van der Waals surface area contributed by atoms with Crippen molar-refractivity contribution >= 4 is 15.9 Å². The molecule has 0 spiro atoms. The highest BCUT2D eigenvalue weighted by molar-refractivity contribution is 9.10. The zero-order valence-electron chi connectivity index (χ0n) is 8.26. The molecule has 2 rings (SSSR count). The monoisotopic (exact) mass is 256 g/mol. The molecule has 76 valence electrons. The van der Waals surface area contributed by atoms with Gasteiger partial charge in [0.25, 0.3) is 0 Å². The first-order chi connectivity index (χ1) is 6.46. The Labute approximate surface area is 91.7 Å². The quantitative estimate of drug-likeness (QED) is 0.812. The lowest BCUT2D eigenvalue weighted by molar-refractivity contribution is 0.147. The fourth-order valence-corrected chi connectivity index (χ4v) is 2.21. The van der Waals surface area contributed by atoms with Gasteiger partial charge in [-0.25, -0.2) is 0 Å². The predicted molar refractivity (Wildman–Crippen MR) is 58.4 cm³/mol. The Morgan fingerprint density at radius 1 is 1.36 bits per heavy atom.